The first kappa shape index (κ1) is 24.6. The van der Waals surface area contributed by atoms with E-state index in [0.29, 0.717) is 17.0 Å². The Balaban J connectivity index is 1.74. The van der Waals surface area contributed by atoms with E-state index < -0.39 is 29.8 Å². The zero-order valence-electron chi connectivity index (χ0n) is 19.0. The van der Waals surface area contributed by atoms with Crippen molar-refractivity contribution in [3.63, 3.8) is 0 Å². The molecule has 0 saturated heterocycles. The second kappa shape index (κ2) is 10.4. The van der Waals surface area contributed by atoms with Crippen LogP contribution in [0.2, 0.25) is 0 Å². The van der Waals surface area contributed by atoms with Crippen molar-refractivity contribution in [1.82, 2.24) is 9.55 Å². The number of benzene rings is 3. The normalized spacial score (nSPS) is 10.9. The Morgan fingerprint density at radius 2 is 1.47 bits per heavy atom. The van der Waals surface area contributed by atoms with Crippen LogP contribution in [0.3, 0.4) is 0 Å². The van der Waals surface area contributed by atoms with Crippen molar-refractivity contribution in [3.05, 3.63) is 84.1 Å². The highest BCUT2D eigenvalue weighted by Gasteiger charge is 2.21. The van der Waals surface area contributed by atoms with E-state index in [2.05, 4.69) is 15.0 Å². The molecule has 0 aliphatic heterocycles. The molecule has 0 bridgehead atoms. The third-order valence-corrected chi connectivity index (χ3v) is 5.13. The number of hydrogen-bond acceptors (Lipinski definition) is 5. The largest absolute Gasteiger partial charge is 0.497 e. The van der Waals surface area contributed by atoms with E-state index in [-0.39, 0.29) is 23.0 Å². The molecule has 0 saturated carbocycles. The van der Waals surface area contributed by atoms with Crippen molar-refractivity contribution in [2.75, 3.05) is 19.5 Å². The van der Waals surface area contributed by atoms with E-state index in [0.717, 1.165) is 16.7 Å². The fourth-order valence-corrected chi connectivity index (χ4v) is 3.39. The molecule has 0 unspecified atom stereocenters. The molecule has 0 atom stereocenters. The highest BCUT2D eigenvalue weighted by molar-refractivity contribution is 6.03. The van der Waals surface area contributed by atoms with E-state index in [9.17, 15) is 22.4 Å². The summed E-state index contributed by atoms with van der Waals surface area (Å²) in [6.07, 6.45) is 1.37. The Morgan fingerprint density at radius 3 is 2.03 bits per heavy atom. The SMILES string of the molecule is COc1ccc(-c2cn(-c3c(F)cc(OC)cc3F)c(NC(=O)c3ccc(OC(F)F)cc3)n2)cc1. The van der Waals surface area contributed by atoms with Crippen molar-refractivity contribution >= 4 is 11.9 Å². The van der Waals surface area contributed by atoms with Gasteiger partial charge in [-0.1, -0.05) is 0 Å². The summed E-state index contributed by atoms with van der Waals surface area (Å²) in [7, 11) is 2.79. The molecule has 0 aliphatic rings. The molecule has 1 N–H and O–H groups in total. The van der Waals surface area contributed by atoms with Crippen molar-refractivity contribution < 1.29 is 36.6 Å². The van der Waals surface area contributed by atoms with Crippen LogP contribution in [0.4, 0.5) is 23.5 Å². The fourth-order valence-electron chi connectivity index (χ4n) is 3.39. The third kappa shape index (κ3) is 5.24. The summed E-state index contributed by atoms with van der Waals surface area (Å²) in [4.78, 5) is 17.2. The number of carbonyl (C=O) groups excluding carboxylic acids is 1. The number of aromatic nitrogens is 2. The second-order valence-electron chi connectivity index (χ2n) is 7.34. The lowest BCUT2D eigenvalue weighted by Crippen LogP contribution is -2.16. The number of anilines is 1. The number of nitrogens with one attached hydrogen (secondary N) is 1. The van der Waals surface area contributed by atoms with Crippen molar-refractivity contribution in [2.45, 2.75) is 6.61 Å². The predicted molar refractivity (Wildman–Crippen MR) is 123 cm³/mol. The van der Waals surface area contributed by atoms with Gasteiger partial charge in [-0.25, -0.2) is 13.8 Å². The molecule has 7 nitrogen and oxygen atoms in total. The maximum Gasteiger partial charge on any atom is 0.387 e. The zero-order valence-corrected chi connectivity index (χ0v) is 19.0. The first-order chi connectivity index (χ1) is 17.3. The topological polar surface area (TPSA) is 74.6 Å². The average Bonchev–Trinajstić information content (AvgIpc) is 3.26. The van der Waals surface area contributed by atoms with Gasteiger partial charge in [-0.2, -0.15) is 8.78 Å². The van der Waals surface area contributed by atoms with E-state index >= 15 is 0 Å². The number of amides is 1. The summed E-state index contributed by atoms with van der Waals surface area (Å²) < 4.78 is 70.0. The number of ether oxygens (including phenoxy) is 3. The molecule has 1 amide bonds. The summed E-state index contributed by atoms with van der Waals surface area (Å²) in [5.41, 5.74) is 0.489. The van der Waals surface area contributed by atoms with E-state index in [4.69, 9.17) is 9.47 Å². The summed E-state index contributed by atoms with van der Waals surface area (Å²) in [5.74, 6) is -2.34. The number of methoxy groups -OCH3 is 2. The first-order valence-electron chi connectivity index (χ1n) is 10.4. The number of carbonyl (C=O) groups is 1. The molecule has 3 aromatic carbocycles. The lowest BCUT2D eigenvalue weighted by atomic mass is 10.1. The molecule has 186 valence electrons. The summed E-state index contributed by atoms with van der Waals surface area (Å²) >= 11 is 0. The predicted octanol–water partition coefficient (Wildman–Crippen LogP) is 5.69. The van der Waals surface area contributed by atoms with Crippen molar-refractivity contribution in [3.8, 4) is 34.2 Å². The first-order valence-corrected chi connectivity index (χ1v) is 10.4. The maximum absolute atomic E-state index is 14.9. The van der Waals surface area contributed by atoms with Crippen LogP contribution in [-0.4, -0.2) is 36.3 Å². The van der Waals surface area contributed by atoms with Gasteiger partial charge in [0.2, 0.25) is 5.95 Å². The number of imidazole rings is 1. The Kier molecular flexibility index (Phi) is 7.09. The van der Waals surface area contributed by atoms with Crippen molar-refractivity contribution in [1.29, 1.82) is 0 Å². The van der Waals surface area contributed by atoms with E-state index in [1.165, 1.54) is 44.7 Å². The zero-order chi connectivity index (χ0) is 25.8. The van der Waals surface area contributed by atoms with Crippen LogP contribution >= 0.6 is 0 Å². The van der Waals surface area contributed by atoms with Crippen LogP contribution in [0.5, 0.6) is 17.2 Å². The number of rotatable bonds is 8. The molecular formula is C25H19F4N3O4. The van der Waals surface area contributed by atoms with E-state index in [1.54, 1.807) is 24.3 Å². The Hall–Kier alpha value is -4.54. The van der Waals surface area contributed by atoms with Gasteiger partial charge in [-0.3, -0.25) is 14.7 Å². The molecule has 0 spiro atoms. The Labute approximate surface area is 202 Å². The quantitative estimate of drug-likeness (QED) is 0.314. The second-order valence-corrected chi connectivity index (χ2v) is 7.34. The van der Waals surface area contributed by atoms with Gasteiger partial charge in [0.15, 0.2) is 11.6 Å². The monoisotopic (exact) mass is 501 g/mol. The lowest BCUT2D eigenvalue weighted by molar-refractivity contribution is -0.0498. The van der Waals surface area contributed by atoms with Crippen LogP contribution in [0.15, 0.2) is 66.9 Å². The molecule has 36 heavy (non-hydrogen) atoms. The van der Waals surface area contributed by atoms with Crippen LogP contribution in [0.25, 0.3) is 16.9 Å². The maximum atomic E-state index is 14.9. The molecule has 1 heterocycles. The smallest absolute Gasteiger partial charge is 0.387 e. The summed E-state index contributed by atoms with van der Waals surface area (Å²) in [5, 5.41) is 2.52. The number of halogens is 4. The Morgan fingerprint density at radius 1 is 0.889 bits per heavy atom. The lowest BCUT2D eigenvalue weighted by Gasteiger charge is -2.12. The Bertz CT molecular complexity index is 1350. The van der Waals surface area contributed by atoms with Gasteiger partial charge < -0.3 is 14.2 Å². The van der Waals surface area contributed by atoms with Crippen molar-refractivity contribution in [2.24, 2.45) is 0 Å². The third-order valence-electron chi connectivity index (χ3n) is 5.13. The number of hydrogen-bond donors (Lipinski definition) is 1. The number of nitrogens with zero attached hydrogens (tertiary/aromatic N) is 2. The van der Waals surface area contributed by atoms with Gasteiger partial charge in [-0.05, 0) is 48.5 Å². The van der Waals surface area contributed by atoms with Gasteiger partial charge in [-0.15, -0.1) is 0 Å². The molecule has 4 aromatic rings. The van der Waals surface area contributed by atoms with Crippen LogP contribution < -0.4 is 19.5 Å². The summed E-state index contributed by atoms with van der Waals surface area (Å²) in [6.45, 7) is -3.01. The highest BCUT2D eigenvalue weighted by Crippen LogP contribution is 2.30. The van der Waals surface area contributed by atoms with Gasteiger partial charge in [0.05, 0.1) is 19.9 Å². The molecule has 1 aromatic heterocycles. The molecule has 11 heteroatoms. The minimum atomic E-state index is -3.01. The van der Waals surface area contributed by atoms with Crippen LogP contribution in [0, 0.1) is 11.6 Å². The van der Waals surface area contributed by atoms with Crippen LogP contribution in [0.1, 0.15) is 10.4 Å². The van der Waals surface area contributed by atoms with E-state index in [1.807, 2.05) is 0 Å². The van der Waals surface area contributed by atoms with Gasteiger partial charge in [0.25, 0.3) is 5.91 Å². The molecule has 0 radical (unpaired) electrons. The molecule has 4 rings (SSSR count). The molecule has 0 aliphatic carbocycles. The van der Waals surface area contributed by atoms with Crippen LogP contribution in [-0.2, 0) is 0 Å². The molecular weight excluding hydrogens is 482 g/mol. The summed E-state index contributed by atoms with van der Waals surface area (Å²) in [6, 6.07) is 13.7. The fraction of sp³-hybridized carbons (Fsp3) is 0.120. The minimum Gasteiger partial charge on any atom is -0.497 e. The van der Waals surface area contributed by atoms with Gasteiger partial charge >= 0.3 is 6.61 Å². The standard InChI is InChI=1S/C25H19F4N3O4/c1-34-16-7-3-14(4-8-16)21-13-32(22-19(26)11-18(35-2)12-20(22)27)25(30-21)31-23(33)15-5-9-17(10-6-15)36-24(28)29/h3-13,24H,1-2H3,(H,30,31,33). The average molecular weight is 501 g/mol. The minimum absolute atomic E-state index is 0.0269. The van der Waals surface area contributed by atoms with Gasteiger partial charge in [0, 0.05) is 29.5 Å². The highest BCUT2D eigenvalue weighted by atomic mass is 19.3. The van der Waals surface area contributed by atoms with Gasteiger partial charge in [0.1, 0.15) is 22.9 Å². The number of alkyl halides is 2. The molecule has 0 fully saturated rings.